The Morgan fingerprint density at radius 2 is 1.81 bits per heavy atom. The van der Waals surface area contributed by atoms with Gasteiger partial charge < -0.3 is 14.9 Å². The molecule has 4 atom stereocenters. The number of rotatable bonds is 1. The Morgan fingerprint density at radius 1 is 1.11 bits per heavy atom. The Bertz CT molecular complexity index is 811. The van der Waals surface area contributed by atoms with Gasteiger partial charge >= 0.3 is 5.97 Å². The summed E-state index contributed by atoms with van der Waals surface area (Å²) in [4.78, 5) is 12.5. The minimum absolute atomic E-state index is 0.0523. The maximum Gasteiger partial charge on any atom is 0.338 e. The van der Waals surface area contributed by atoms with Gasteiger partial charge in [-0.25, -0.2) is 4.79 Å². The van der Waals surface area contributed by atoms with Gasteiger partial charge in [-0.1, -0.05) is 34.1 Å². The molecule has 4 heteroatoms. The van der Waals surface area contributed by atoms with E-state index < -0.39 is 5.97 Å². The number of ether oxygens (including phenoxy) is 1. The second-order valence-corrected chi connectivity index (χ2v) is 10.3. The summed E-state index contributed by atoms with van der Waals surface area (Å²) in [5.74, 6) is 0.295. The minimum atomic E-state index is -0.431. The number of phenolic OH excluding ortho intramolecular Hbond substituents is 2. The number of hydrogen-bond acceptors (Lipinski definition) is 4. The lowest BCUT2D eigenvalue weighted by Gasteiger charge is -2.61. The fraction of sp³-hybridized carbons (Fsp3) is 0.696. The highest BCUT2D eigenvalue weighted by Gasteiger charge is 2.62. The third-order valence-corrected chi connectivity index (χ3v) is 8.56. The van der Waals surface area contributed by atoms with Gasteiger partial charge in [0.15, 0.2) is 11.5 Å². The molecule has 3 aliphatic carbocycles. The Labute approximate surface area is 161 Å². The van der Waals surface area contributed by atoms with E-state index in [9.17, 15) is 15.0 Å². The van der Waals surface area contributed by atoms with Crippen LogP contribution in [0.2, 0.25) is 0 Å². The molecule has 2 fully saturated rings. The quantitative estimate of drug-likeness (QED) is 0.541. The van der Waals surface area contributed by atoms with Crippen LogP contribution in [0.15, 0.2) is 6.07 Å². The van der Waals surface area contributed by atoms with Crippen LogP contribution in [-0.2, 0) is 16.6 Å². The second-order valence-electron chi connectivity index (χ2n) is 10.3. The summed E-state index contributed by atoms with van der Waals surface area (Å²) >= 11 is 0. The van der Waals surface area contributed by atoms with Crippen molar-refractivity contribution < 1.29 is 19.7 Å². The van der Waals surface area contributed by atoms with Crippen molar-refractivity contribution in [3.05, 3.63) is 22.8 Å². The third kappa shape index (κ3) is 2.31. The fourth-order valence-corrected chi connectivity index (χ4v) is 7.45. The predicted molar refractivity (Wildman–Crippen MR) is 104 cm³/mol. The fourth-order valence-electron chi connectivity index (χ4n) is 7.45. The lowest BCUT2D eigenvalue weighted by atomic mass is 9.43. The molecule has 1 aromatic carbocycles. The number of esters is 1. The molecule has 0 radical (unpaired) electrons. The van der Waals surface area contributed by atoms with Crippen molar-refractivity contribution in [1.82, 2.24) is 0 Å². The third-order valence-electron chi connectivity index (χ3n) is 8.56. The molecule has 148 valence electrons. The summed E-state index contributed by atoms with van der Waals surface area (Å²) < 4.78 is 5.01. The van der Waals surface area contributed by atoms with Crippen molar-refractivity contribution in [1.29, 1.82) is 0 Å². The standard InChI is InChI=1S/C23H32O4/c1-21(2)8-6-9-22(3)16(21)7-10-23(4)17(22)12-13-18(23)14(20(26)27-5)11-15(24)19(13)25/h11,16-17,24-25H,6-10,12H2,1-5H3/t16?,17-,22-,23+/m0/s1. The Balaban J connectivity index is 1.90. The van der Waals surface area contributed by atoms with E-state index in [0.29, 0.717) is 22.8 Å². The van der Waals surface area contributed by atoms with Crippen LogP contribution in [-0.4, -0.2) is 23.3 Å². The van der Waals surface area contributed by atoms with Crippen molar-refractivity contribution in [2.24, 2.45) is 22.7 Å². The van der Waals surface area contributed by atoms with Crippen LogP contribution in [0.1, 0.15) is 81.3 Å². The number of fused-ring (bicyclic) bond motifs is 5. The molecule has 4 rings (SSSR count). The molecule has 4 nitrogen and oxygen atoms in total. The van der Waals surface area contributed by atoms with Gasteiger partial charge in [-0.2, -0.15) is 0 Å². The average molecular weight is 373 g/mol. The SMILES string of the molecule is COC(=O)c1cc(O)c(O)c2c1[C@]1(C)CCC3C(C)(C)CCC[C@]3(C)[C@@H]1C2. The molecule has 0 bridgehead atoms. The monoisotopic (exact) mass is 372 g/mol. The summed E-state index contributed by atoms with van der Waals surface area (Å²) in [7, 11) is 1.37. The number of aromatic hydroxyl groups is 2. The van der Waals surface area contributed by atoms with Gasteiger partial charge in [-0.3, -0.25) is 0 Å². The van der Waals surface area contributed by atoms with Gasteiger partial charge in [-0.05, 0) is 71.8 Å². The molecule has 0 saturated heterocycles. The molecule has 0 aliphatic heterocycles. The minimum Gasteiger partial charge on any atom is -0.504 e. The number of phenols is 2. The van der Waals surface area contributed by atoms with Crippen molar-refractivity contribution >= 4 is 5.97 Å². The molecular weight excluding hydrogens is 340 g/mol. The van der Waals surface area contributed by atoms with Gasteiger partial charge in [0.2, 0.25) is 0 Å². The molecule has 1 unspecified atom stereocenters. The molecule has 0 aromatic heterocycles. The lowest BCUT2D eigenvalue weighted by Crippen LogP contribution is -2.55. The van der Waals surface area contributed by atoms with Gasteiger partial charge in [0, 0.05) is 5.56 Å². The molecule has 0 spiro atoms. The van der Waals surface area contributed by atoms with E-state index >= 15 is 0 Å². The van der Waals surface area contributed by atoms with Crippen LogP contribution in [0, 0.1) is 22.7 Å². The first-order valence-electron chi connectivity index (χ1n) is 10.2. The summed E-state index contributed by atoms with van der Waals surface area (Å²) in [6.07, 6.45) is 6.54. The molecule has 2 N–H and O–H groups in total. The van der Waals surface area contributed by atoms with Crippen molar-refractivity contribution in [2.45, 2.75) is 71.6 Å². The largest absolute Gasteiger partial charge is 0.504 e. The molecular formula is C23H32O4. The molecule has 3 aliphatic rings. The summed E-state index contributed by atoms with van der Waals surface area (Å²) in [6, 6.07) is 1.40. The van der Waals surface area contributed by atoms with Crippen LogP contribution in [0.25, 0.3) is 0 Å². The Kier molecular flexibility index (Phi) is 3.90. The smallest absolute Gasteiger partial charge is 0.338 e. The first-order valence-corrected chi connectivity index (χ1v) is 10.2. The molecule has 2 saturated carbocycles. The lowest BCUT2D eigenvalue weighted by molar-refractivity contribution is -0.0984. The second kappa shape index (κ2) is 5.65. The van der Waals surface area contributed by atoms with Crippen molar-refractivity contribution in [3.63, 3.8) is 0 Å². The van der Waals surface area contributed by atoms with E-state index in [1.54, 1.807) is 0 Å². The topological polar surface area (TPSA) is 66.8 Å². The first kappa shape index (κ1) is 18.6. The van der Waals surface area contributed by atoms with Crippen LogP contribution in [0.3, 0.4) is 0 Å². The first-order chi connectivity index (χ1) is 12.6. The van der Waals surface area contributed by atoms with E-state index in [4.69, 9.17) is 4.74 Å². The number of benzene rings is 1. The van der Waals surface area contributed by atoms with Gasteiger partial charge in [0.1, 0.15) is 0 Å². The summed E-state index contributed by atoms with van der Waals surface area (Å²) in [6.45, 7) is 9.50. The van der Waals surface area contributed by atoms with E-state index in [2.05, 4.69) is 27.7 Å². The zero-order valence-corrected chi connectivity index (χ0v) is 17.2. The summed E-state index contributed by atoms with van der Waals surface area (Å²) in [5, 5.41) is 20.9. The van der Waals surface area contributed by atoms with Gasteiger partial charge in [0.25, 0.3) is 0 Å². The van der Waals surface area contributed by atoms with Crippen LogP contribution in [0.4, 0.5) is 0 Å². The highest BCUT2D eigenvalue weighted by atomic mass is 16.5. The van der Waals surface area contributed by atoms with Crippen molar-refractivity contribution in [3.8, 4) is 11.5 Å². The van der Waals surface area contributed by atoms with Crippen LogP contribution < -0.4 is 0 Å². The highest BCUT2D eigenvalue weighted by molar-refractivity contribution is 5.93. The van der Waals surface area contributed by atoms with E-state index in [0.717, 1.165) is 30.4 Å². The molecule has 0 amide bonds. The zero-order valence-electron chi connectivity index (χ0n) is 17.2. The normalized spacial score (nSPS) is 36.5. The highest BCUT2D eigenvalue weighted by Crippen LogP contribution is 2.68. The van der Waals surface area contributed by atoms with E-state index in [-0.39, 0.29) is 22.3 Å². The zero-order chi connectivity index (χ0) is 19.8. The number of hydrogen-bond donors (Lipinski definition) is 2. The number of carbonyl (C=O) groups excluding carboxylic acids is 1. The maximum atomic E-state index is 12.5. The maximum absolute atomic E-state index is 12.5. The Morgan fingerprint density at radius 3 is 2.48 bits per heavy atom. The molecule has 27 heavy (non-hydrogen) atoms. The van der Waals surface area contributed by atoms with E-state index in [1.165, 1.54) is 32.4 Å². The Hall–Kier alpha value is -1.71. The van der Waals surface area contributed by atoms with Crippen LogP contribution >= 0.6 is 0 Å². The van der Waals surface area contributed by atoms with Gasteiger partial charge in [0.05, 0.1) is 12.7 Å². The number of methoxy groups -OCH3 is 1. The van der Waals surface area contributed by atoms with Gasteiger partial charge in [-0.15, -0.1) is 0 Å². The van der Waals surface area contributed by atoms with Crippen LogP contribution in [0.5, 0.6) is 11.5 Å². The van der Waals surface area contributed by atoms with E-state index in [1.807, 2.05) is 0 Å². The predicted octanol–water partition coefficient (Wildman–Crippen LogP) is 4.94. The molecule has 1 aromatic rings. The molecule has 0 heterocycles. The average Bonchev–Trinajstić information content (AvgIpc) is 2.91. The van der Waals surface area contributed by atoms with Crippen molar-refractivity contribution in [2.75, 3.05) is 7.11 Å². The summed E-state index contributed by atoms with van der Waals surface area (Å²) in [5.41, 5.74) is 2.40. The number of carbonyl (C=O) groups is 1.